The highest BCUT2D eigenvalue weighted by atomic mass is 16.1. The van der Waals surface area contributed by atoms with E-state index in [9.17, 15) is 4.79 Å². The van der Waals surface area contributed by atoms with Crippen LogP contribution >= 0.6 is 0 Å². The first kappa shape index (κ1) is 15.0. The van der Waals surface area contributed by atoms with Crippen LogP contribution in [0.5, 0.6) is 0 Å². The van der Waals surface area contributed by atoms with Gasteiger partial charge in [-0.2, -0.15) is 0 Å². The molecule has 4 heteroatoms. The molecule has 0 unspecified atom stereocenters. The van der Waals surface area contributed by atoms with E-state index in [0.717, 1.165) is 30.2 Å². The number of nitrogens with two attached hydrogens (primary N) is 1. The third-order valence-corrected chi connectivity index (χ3v) is 3.46. The molecule has 110 valence electrons. The molecule has 0 atom stereocenters. The predicted octanol–water partition coefficient (Wildman–Crippen LogP) is 3.20. The largest absolute Gasteiger partial charge is 0.398 e. The average Bonchev–Trinajstić information content (AvgIpc) is 2.44. The van der Waals surface area contributed by atoms with Crippen molar-refractivity contribution < 1.29 is 4.79 Å². The van der Waals surface area contributed by atoms with Gasteiger partial charge in [-0.15, -0.1) is 0 Å². The minimum atomic E-state index is -0.0116. The van der Waals surface area contributed by atoms with Crippen LogP contribution in [0.3, 0.4) is 0 Å². The fourth-order valence-electron chi connectivity index (χ4n) is 2.34. The minimum Gasteiger partial charge on any atom is -0.398 e. The maximum Gasteiger partial charge on any atom is 0.161 e. The Bertz CT molecular complexity index is 652. The van der Waals surface area contributed by atoms with E-state index in [2.05, 4.69) is 16.8 Å². The first-order valence-electron chi connectivity index (χ1n) is 7.09. The van der Waals surface area contributed by atoms with Gasteiger partial charge < -0.3 is 10.6 Å². The van der Waals surface area contributed by atoms with Crippen molar-refractivity contribution in [3.05, 3.63) is 53.3 Å². The van der Waals surface area contributed by atoms with Crippen LogP contribution in [0.2, 0.25) is 0 Å². The summed E-state index contributed by atoms with van der Waals surface area (Å²) >= 11 is 0. The van der Waals surface area contributed by atoms with Crippen LogP contribution < -0.4 is 10.6 Å². The van der Waals surface area contributed by atoms with Gasteiger partial charge in [-0.25, -0.2) is 0 Å². The van der Waals surface area contributed by atoms with Crippen LogP contribution in [0.25, 0.3) is 0 Å². The number of ketones is 1. The molecule has 2 aromatic rings. The van der Waals surface area contributed by atoms with Crippen molar-refractivity contribution in [2.75, 3.05) is 17.2 Å². The van der Waals surface area contributed by atoms with Gasteiger partial charge in [0.05, 0.1) is 12.2 Å². The number of benzene rings is 1. The lowest BCUT2D eigenvalue weighted by molar-refractivity contribution is 0.101. The molecule has 4 nitrogen and oxygen atoms in total. The highest BCUT2D eigenvalue weighted by Crippen LogP contribution is 2.23. The summed E-state index contributed by atoms with van der Waals surface area (Å²) < 4.78 is 0. The lowest BCUT2D eigenvalue weighted by Crippen LogP contribution is -2.23. The number of carbonyl (C=O) groups is 1. The molecule has 0 radical (unpaired) electrons. The number of aryl methyl sites for hydroxylation is 1. The number of aromatic nitrogens is 1. The second-order valence-electron chi connectivity index (χ2n) is 5.11. The molecule has 0 saturated heterocycles. The van der Waals surface area contributed by atoms with E-state index in [4.69, 9.17) is 5.73 Å². The topological polar surface area (TPSA) is 59.2 Å². The highest BCUT2D eigenvalue weighted by molar-refractivity contribution is 5.99. The summed E-state index contributed by atoms with van der Waals surface area (Å²) in [5.41, 5.74) is 10.1. The molecule has 0 aliphatic rings. The van der Waals surface area contributed by atoms with Crippen LogP contribution in [-0.2, 0) is 6.54 Å². The monoisotopic (exact) mass is 283 g/mol. The summed E-state index contributed by atoms with van der Waals surface area (Å²) in [7, 11) is 0. The zero-order valence-electron chi connectivity index (χ0n) is 12.8. The number of rotatable bonds is 5. The molecule has 0 bridgehead atoms. The number of pyridine rings is 1. The standard InChI is InChI=1S/C17H21N3O/c1-4-20(11-14-7-5-6-12(2)19-14)15-8-9-16(13(3)21)17(18)10-15/h5-10H,4,11,18H2,1-3H3. The molecule has 2 N–H and O–H groups in total. The van der Waals surface area contributed by atoms with Gasteiger partial charge in [0.25, 0.3) is 0 Å². The molecule has 0 saturated carbocycles. The van der Waals surface area contributed by atoms with E-state index >= 15 is 0 Å². The number of carbonyl (C=O) groups excluding carboxylic acids is 1. The quantitative estimate of drug-likeness (QED) is 0.676. The number of nitrogens with zero attached hydrogens (tertiary/aromatic N) is 2. The van der Waals surface area contributed by atoms with Crippen molar-refractivity contribution >= 4 is 17.2 Å². The number of hydrogen-bond acceptors (Lipinski definition) is 4. The van der Waals surface area contributed by atoms with E-state index in [1.54, 1.807) is 6.07 Å². The van der Waals surface area contributed by atoms with Crippen molar-refractivity contribution in [2.24, 2.45) is 0 Å². The van der Waals surface area contributed by atoms with Gasteiger partial charge in [0, 0.05) is 29.2 Å². The Morgan fingerprint density at radius 2 is 2.05 bits per heavy atom. The molecular weight excluding hydrogens is 262 g/mol. The van der Waals surface area contributed by atoms with Crippen LogP contribution in [0.15, 0.2) is 36.4 Å². The Morgan fingerprint density at radius 3 is 2.62 bits per heavy atom. The molecule has 1 heterocycles. The lowest BCUT2D eigenvalue weighted by Gasteiger charge is -2.23. The van der Waals surface area contributed by atoms with Gasteiger partial charge >= 0.3 is 0 Å². The van der Waals surface area contributed by atoms with Crippen LogP contribution in [0, 0.1) is 6.92 Å². The zero-order valence-corrected chi connectivity index (χ0v) is 12.8. The molecule has 0 amide bonds. The summed E-state index contributed by atoms with van der Waals surface area (Å²) in [4.78, 5) is 18.2. The van der Waals surface area contributed by atoms with Crippen LogP contribution in [0.1, 0.15) is 35.6 Å². The predicted molar refractivity (Wildman–Crippen MR) is 86.6 cm³/mol. The molecule has 0 spiro atoms. The second-order valence-corrected chi connectivity index (χ2v) is 5.11. The van der Waals surface area contributed by atoms with E-state index in [1.807, 2.05) is 37.3 Å². The summed E-state index contributed by atoms with van der Waals surface area (Å²) in [5, 5.41) is 0. The average molecular weight is 283 g/mol. The van der Waals surface area contributed by atoms with Crippen molar-refractivity contribution in [3.8, 4) is 0 Å². The van der Waals surface area contributed by atoms with Gasteiger partial charge in [-0.05, 0) is 51.1 Å². The summed E-state index contributed by atoms with van der Waals surface area (Å²) in [6, 6.07) is 11.6. The molecular formula is C17H21N3O. The SMILES string of the molecule is CCN(Cc1cccc(C)n1)c1ccc(C(C)=O)c(N)c1. The van der Waals surface area contributed by atoms with Gasteiger partial charge in [0.2, 0.25) is 0 Å². The van der Waals surface area contributed by atoms with Gasteiger partial charge in [-0.3, -0.25) is 9.78 Å². The molecule has 2 rings (SSSR count). The maximum atomic E-state index is 11.4. The lowest BCUT2D eigenvalue weighted by atomic mass is 10.1. The van der Waals surface area contributed by atoms with Crippen LogP contribution in [-0.4, -0.2) is 17.3 Å². The molecule has 0 aliphatic heterocycles. The minimum absolute atomic E-state index is 0.0116. The molecule has 1 aromatic carbocycles. The number of Topliss-reactive ketones (excluding diaryl/α,β-unsaturated/α-hetero) is 1. The van der Waals surface area contributed by atoms with E-state index < -0.39 is 0 Å². The fourth-order valence-corrected chi connectivity index (χ4v) is 2.34. The normalized spacial score (nSPS) is 10.4. The summed E-state index contributed by atoms with van der Waals surface area (Å²) in [5.74, 6) is -0.0116. The molecule has 0 fully saturated rings. The highest BCUT2D eigenvalue weighted by Gasteiger charge is 2.10. The number of nitrogen functional groups attached to an aromatic ring is 1. The maximum absolute atomic E-state index is 11.4. The van der Waals surface area contributed by atoms with Gasteiger partial charge in [0.1, 0.15) is 0 Å². The summed E-state index contributed by atoms with van der Waals surface area (Å²) in [6.07, 6.45) is 0. The number of hydrogen-bond donors (Lipinski definition) is 1. The van der Waals surface area contributed by atoms with Crippen molar-refractivity contribution in [1.82, 2.24) is 4.98 Å². The third-order valence-electron chi connectivity index (χ3n) is 3.46. The Kier molecular flexibility index (Phi) is 4.58. The first-order valence-corrected chi connectivity index (χ1v) is 7.09. The summed E-state index contributed by atoms with van der Waals surface area (Å²) in [6.45, 7) is 7.16. The van der Waals surface area contributed by atoms with Crippen LogP contribution in [0.4, 0.5) is 11.4 Å². The second kappa shape index (κ2) is 6.39. The molecule has 21 heavy (non-hydrogen) atoms. The van der Waals surface area contributed by atoms with Gasteiger partial charge in [0.15, 0.2) is 5.78 Å². The fraction of sp³-hybridized carbons (Fsp3) is 0.294. The Morgan fingerprint density at radius 1 is 1.29 bits per heavy atom. The van der Waals surface area contributed by atoms with Crippen molar-refractivity contribution in [2.45, 2.75) is 27.3 Å². The van der Waals surface area contributed by atoms with Crippen molar-refractivity contribution in [1.29, 1.82) is 0 Å². The Balaban J connectivity index is 2.25. The Labute approximate surface area is 125 Å². The van der Waals surface area contributed by atoms with Crippen molar-refractivity contribution in [3.63, 3.8) is 0 Å². The zero-order chi connectivity index (χ0) is 15.4. The first-order chi connectivity index (χ1) is 10.0. The van der Waals surface area contributed by atoms with E-state index in [1.165, 1.54) is 6.92 Å². The van der Waals surface area contributed by atoms with E-state index in [-0.39, 0.29) is 5.78 Å². The third kappa shape index (κ3) is 3.60. The molecule has 1 aromatic heterocycles. The molecule has 0 aliphatic carbocycles. The number of anilines is 2. The van der Waals surface area contributed by atoms with E-state index in [0.29, 0.717) is 11.3 Å². The van der Waals surface area contributed by atoms with Gasteiger partial charge in [-0.1, -0.05) is 6.07 Å². The Hall–Kier alpha value is -2.36. The smallest absolute Gasteiger partial charge is 0.161 e.